The van der Waals surface area contributed by atoms with Crippen molar-refractivity contribution in [2.24, 2.45) is 0 Å². The van der Waals surface area contributed by atoms with Crippen molar-refractivity contribution in [3.63, 3.8) is 0 Å². The van der Waals surface area contributed by atoms with E-state index in [4.69, 9.17) is 0 Å². The molecule has 1 atom stereocenters. The predicted molar refractivity (Wildman–Crippen MR) is 73.6 cm³/mol. The lowest BCUT2D eigenvalue weighted by Crippen LogP contribution is -2.37. The maximum Gasteiger partial charge on any atom is 0.180 e. The summed E-state index contributed by atoms with van der Waals surface area (Å²) in [5, 5.41) is 19.0. The van der Waals surface area contributed by atoms with Crippen LogP contribution in [0.5, 0.6) is 11.5 Å². The van der Waals surface area contributed by atoms with Crippen molar-refractivity contribution >= 4 is 5.78 Å². The number of nitrogens with zero attached hydrogens (tertiary/aromatic N) is 1. The van der Waals surface area contributed by atoms with Gasteiger partial charge in [-0.2, -0.15) is 0 Å². The first-order valence-corrected chi connectivity index (χ1v) is 6.87. The first kappa shape index (κ1) is 13.9. The fourth-order valence-corrected chi connectivity index (χ4v) is 2.59. The van der Waals surface area contributed by atoms with Gasteiger partial charge in [0.25, 0.3) is 0 Å². The smallest absolute Gasteiger partial charge is 0.180 e. The highest BCUT2D eigenvalue weighted by Gasteiger charge is 2.21. The van der Waals surface area contributed by atoms with Crippen LogP contribution in [0.2, 0.25) is 0 Å². The highest BCUT2D eigenvalue weighted by molar-refractivity contribution is 6.00. The molecule has 1 saturated heterocycles. The fraction of sp³-hybridized carbons (Fsp3) is 0.533. The second-order valence-corrected chi connectivity index (χ2v) is 5.29. The van der Waals surface area contributed by atoms with E-state index >= 15 is 0 Å². The molecule has 0 aromatic heterocycles. The van der Waals surface area contributed by atoms with Crippen molar-refractivity contribution in [2.75, 3.05) is 13.1 Å². The van der Waals surface area contributed by atoms with E-state index in [-0.39, 0.29) is 22.8 Å². The van der Waals surface area contributed by atoms with E-state index in [0.29, 0.717) is 12.6 Å². The van der Waals surface area contributed by atoms with Crippen molar-refractivity contribution in [3.8, 4) is 11.5 Å². The van der Waals surface area contributed by atoms with Gasteiger partial charge in [-0.1, -0.05) is 12.8 Å². The van der Waals surface area contributed by atoms with Crippen molar-refractivity contribution < 1.29 is 15.0 Å². The van der Waals surface area contributed by atoms with Crippen LogP contribution in [-0.4, -0.2) is 40.0 Å². The summed E-state index contributed by atoms with van der Waals surface area (Å²) in [6, 6.07) is 4.53. The van der Waals surface area contributed by atoms with E-state index in [1.165, 1.54) is 31.0 Å². The number of phenols is 2. The molecule has 1 fully saturated rings. The minimum Gasteiger partial charge on any atom is -0.508 e. The Morgan fingerprint density at radius 3 is 2.84 bits per heavy atom. The second-order valence-electron chi connectivity index (χ2n) is 5.29. The molecule has 1 unspecified atom stereocenters. The highest BCUT2D eigenvalue weighted by Crippen LogP contribution is 2.24. The Balaban J connectivity index is 2.07. The lowest BCUT2D eigenvalue weighted by molar-refractivity contribution is 0.0899. The summed E-state index contributed by atoms with van der Waals surface area (Å²) in [6.45, 7) is 3.42. The summed E-state index contributed by atoms with van der Waals surface area (Å²) in [7, 11) is 0. The molecular formula is C15H21NO3. The van der Waals surface area contributed by atoms with Gasteiger partial charge in [0.15, 0.2) is 5.78 Å². The number of ketones is 1. The highest BCUT2D eigenvalue weighted by atomic mass is 16.3. The zero-order valence-corrected chi connectivity index (χ0v) is 11.3. The Morgan fingerprint density at radius 1 is 1.32 bits per heavy atom. The summed E-state index contributed by atoms with van der Waals surface area (Å²) >= 11 is 0. The number of hydrogen-bond acceptors (Lipinski definition) is 4. The molecule has 2 N–H and O–H groups in total. The van der Waals surface area contributed by atoms with Crippen LogP contribution in [0.25, 0.3) is 0 Å². The van der Waals surface area contributed by atoms with Crippen molar-refractivity contribution in [1.29, 1.82) is 0 Å². The van der Waals surface area contributed by atoms with Gasteiger partial charge < -0.3 is 10.2 Å². The van der Waals surface area contributed by atoms with Gasteiger partial charge in [0.2, 0.25) is 0 Å². The predicted octanol–water partition coefficient (Wildman–Crippen LogP) is 2.55. The van der Waals surface area contributed by atoms with Crippen LogP contribution < -0.4 is 0 Å². The fourth-order valence-electron chi connectivity index (χ4n) is 2.59. The van der Waals surface area contributed by atoms with Crippen LogP contribution in [0, 0.1) is 0 Å². The topological polar surface area (TPSA) is 60.8 Å². The number of Topliss-reactive ketones (excluding diaryl/α,β-unsaturated/α-hetero) is 1. The van der Waals surface area contributed by atoms with E-state index in [9.17, 15) is 15.0 Å². The van der Waals surface area contributed by atoms with Crippen molar-refractivity contribution in [2.45, 2.75) is 38.6 Å². The lowest BCUT2D eigenvalue weighted by atomic mass is 10.1. The van der Waals surface area contributed by atoms with Crippen LogP contribution in [0.3, 0.4) is 0 Å². The molecule has 0 saturated carbocycles. The number of phenolic OH excluding ortho intramolecular Hbond substituents is 2. The van der Waals surface area contributed by atoms with Gasteiger partial charge in [-0.05, 0) is 38.4 Å². The molecule has 19 heavy (non-hydrogen) atoms. The Bertz CT molecular complexity index is 459. The van der Waals surface area contributed by atoms with E-state index < -0.39 is 0 Å². The third-order valence-corrected chi connectivity index (χ3v) is 3.82. The summed E-state index contributed by atoms with van der Waals surface area (Å²) in [5.41, 5.74) is 0.286. The van der Waals surface area contributed by atoms with Crippen LogP contribution in [0.15, 0.2) is 18.2 Å². The first-order valence-electron chi connectivity index (χ1n) is 6.87. The van der Waals surface area contributed by atoms with Crippen LogP contribution >= 0.6 is 0 Å². The molecular weight excluding hydrogens is 242 g/mol. The van der Waals surface area contributed by atoms with Gasteiger partial charge in [0.1, 0.15) is 11.5 Å². The third kappa shape index (κ3) is 3.47. The van der Waals surface area contributed by atoms with Gasteiger partial charge in [-0.25, -0.2) is 0 Å². The number of benzene rings is 1. The summed E-state index contributed by atoms with van der Waals surface area (Å²) in [4.78, 5) is 14.4. The monoisotopic (exact) mass is 263 g/mol. The summed E-state index contributed by atoms with van der Waals surface area (Å²) in [6.07, 6.45) is 4.68. The molecule has 1 heterocycles. The maximum absolute atomic E-state index is 12.2. The zero-order valence-electron chi connectivity index (χ0n) is 11.3. The average Bonchev–Trinajstić information content (AvgIpc) is 2.55. The molecule has 0 amide bonds. The number of likely N-dealkylation sites (tertiary alicyclic amines) is 1. The SMILES string of the molecule is CC1CCCCCN1CC(=O)c1ccc(O)cc1O. The van der Waals surface area contributed by atoms with Crippen LogP contribution in [0.4, 0.5) is 0 Å². The molecule has 1 aromatic rings. The molecule has 0 bridgehead atoms. The standard InChI is InChI=1S/C15H21NO3/c1-11-5-3-2-4-8-16(11)10-15(19)13-7-6-12(17)9-14(13)18/h6-7,9,11,17-18H,2-5,8,10H2,1H3. The Labute approximate surface area is 113 Å². The van der Waals surface area contributed by atoms with Crippen LogP contribution in [0.1, 0.15) is 43.0 Å². The minimum absolute atomic E-state index is 0.0304. The molecule has 2 rings (SSSR count). The van der Waals surface area contributed by atoms with Gasteiger partial charge in [0.05, 0.1) is 12.1 Å². The number of carbonyl (C=O) groups excluding carboxylic acids is 1. The van der Waals surface area contributed by atoms with Gasteiger partial charge in [-0.15, -0.1) is 0 Å². The quantitative estimate of drug-likeness (QED) is 0.823. The lowest BCUT2D eigenvalue weighted by Gasteiger charge is -2.26. The Morgan fingerprint density at radius 2 is 2.11 bits per heavy atom. The maximum atomic E-state index is 12.2. The number of rotatable bonds is 3. The van der Waals surface area contributed by atoms with E-state index in [1.54, 1.807) is 0 Å². The molecule has 0 spiro atoms. The Kier molecular flexibility index (Phi) is 4.43. The van der Waals surface area contributed by atoms with Crippen molar-refractivity contribution in [3.05, 3.63) is 23.8 Å². The number of aromatic hydroxyl groups is 2. The second kappa shape index (κ2) is 6.06. The molecule has 4 heteroatoms. The van der Waals surface area contributed by atoms with Gasteiger partial charge >= 0.3 is 0 Å². The van der Waals surface area contributed by atoms with Gasteiger partial charge in [-0.3, -0.25) is 9.69 Å². The van der Waals surface area contributed by atoms with Crippen molar-refractivity contribution in [1.82, 2.24) is 4.90 Å². The Hall–Kier alpha value is -1.55. The largest absolute Gasteiger partial charge is 0.508 e. The summed E-state index contributed by atoms with van der Waals surface area (Å²) < 4.78 is 0. The molecule has 0 radical (unpaired) electrons. The zero-order chi connectivity index (χ0) is 13.8. The molecule has 1 aromatic carbocycles. The van der Waals surface area contributed by atoms with E-state index in [0.717, 1.165) is 19.4 Å². The number of hydrogen-bond donors (Lipinski definition) is 2. The van der Waals surface area contributed by atoms with E-state index in [2.05, 4.69) is 11.8 Å². The normalized spacial score (nSPS) is 21.0. The average molecular weight is 263 g/mol. The van der Waals surface area contributed by atoms with Crippen LogP contribution in [-0.2, 0) is 0 Å². The number of carbonyl (C=O) groups is 1. The summed E-state index contributed by atoms with van der Waals surface area (Å²) in [5.74, 6) is -0.268. The molecule has 4 nitrogen and oxygen atoms in total. The van der Waals surface area contributed by atoms with E-state index in [1.807, 2.05) is 0 Å². The minimum atomic E-state index is -0.146. The third-order valence-electron chi connectivity index (χ3n) is 3.82. The molecule has 104 valence electrons. The molecule has 1 aliphatic rings. The molecule has 1 aliphatic heterocycles. The van der Waals surface area contributed by atoms with Gasteiger partial charge in [0, 0.05) is 12.1 Å². The first-order chi connectivity index (χ1) is 9.08. The molecule has 0 aliphatic carbocycles.